The molecule has 5 nitrogen and oxygen atoms in total. The molecule has 3 rings (SSSR count). The minimum Gasteiger partial charge on any atom is -0.258 e. The van der Waals surface area contributed by atoms with E-state index in [0.29, 0.717) is 4.90 Å². The zero-order valence-corrected chi connectivity index (χ0v) is 14.1. The second-order valence-corrected chi connectivity index (χ2v) is 8.68. The summed E-state index contributed by atoms with van der Waals surface area (Å²) in [6.07, 6.45) is 4.31. The van der Waals surface area contributed by atoms with Crippen molar-refractivity contribution in [1.82, 2.24) is 0 Å². The Morgan fingerprint density at radius 3 is 2.52 bits per heavy atom. The second-order valence-electron chi connectivity index (χ2n) is 5.54. The van der Waals surface area contributed by atoms with E-state index in [-0.39, 0.29) is 10.6 Å². The van der Waals surface area contributed by atoms with Crippen LogP contribution in [0.3, 0.4) is 0 Å². The monoisotopic (exact) mass is 349 g/mol. The topological polar surface area (TPSA) is 77.3 Å². The van der Waals surface area contributed by atoms with Crippen molar-refractivity contribution in [2.24, 2.45) is 0 Å². The van der Waals surface area contributed by atoms with Gasteiger partial charge in [-0.3, -0.25) is 10.1 Å². The van der Waals surface area contributed by atoms with E-state index in [4.69, 9.17) is 0 Å². The molecule has 0 fully saturated rings. The normalized spacial score (nSPS) is 13.8. The summed E-state index contributed by atoms with van der Waals surface area (Å²) < 4.78 is 23.2. The quantitative estimate of drug-likeness (QED) is 0.622. The number of benzene rings is 2. The maximum Gasteiger partial charge on any atom is 0.284 e. The van der Waals surface area contributed by atoms with Crippen molar-refractivity contribution in [1.29, 1.82) is 0 Å². The highest BCUT2D eigenvalue weighted by molar-refractivity contribution is 7.99. The van der Waals surface area contributed by atoms with Crippen LogP contribution >= 0.6 is 11.8 Å². The van der Waals surface area contributed by atoms with Gasteiger partial charge in [0.15, 0.2) is 9.84 Å². The Balaban J connectivity index is 1.98. The van der Waals surface area contributed by atoms with Crippen molar-refractivity contribution in [3.8, 4) is 0 Å². The second kappa shape index (κ2) is 5.98. The molecule has 0 saturated heterocycles. The van der Waals surface area contributed by atoms with Crippen molar-refractivity contribution in [3.63, 3.8) is 0 Å². The lowest BCUT2D eigenvalue weighted by Gasteiger charge is -2.07. The van der Waals surface area contributed by atoms with Gasteiger partial charge in [-0.2, -0.15) is 0 Å². The molecule has 1 aliphatic carbocycles. The van der Waals surface area contributed by atoms with Gasteiger partial charge in [0.25, 0.3) is 5.69 Å². The number of hydrogen-bond donors (Lipinski definition) is 0. The average molecular weight is 349 g/mol. The minimum absolute atomic E-state index is 0.0393. The van der Waals surface area contributed by atoms with Crippen LogP contribution < -0.4 is 0 Å². The van der Waals surface area contributed by atoms with Crippen molar-refractivity contribution in [2.75, 3.05) is 6.26 Å². The summed E-state index contributed by atoms with van der Waals surface area (Å²) in [5.74, 6) is 0. The fourth-order valence-electron chi connectivity index (χ4n) is 2.70. The van der Waals surface area contributed by atoms with Crippen molar-refractivity contribution in [2.45, 2.75) is 33.9 Å². The lowest BCUT2D eigenvalue weighted by molar-refractivity contribution is -0.388. The molecule has 7 heteroatoms. The van der Waals surface area contributed by atoms with Gasteiger partial charge in [0.05, 0.1) is 14.7 Å². The molecule has 0 aliphatic heterocycles. The summed E-state index contributed by atoms with van der Waals surface area (Å²) in [5, 5.41) is 11.3. The van der Waals surface area contributed by atoms with Crippen LogP contribution in [0.25, 0.3) is 0 Å². The summed E-state index contributed by atoms with van der Waals surface area (Å²) in [7, 11) is -3.47. The third-order valence-electron chi connectivity index (χ3n) is 3.85. The third kappa shape index (κ3) is 3.40. The molecule has 23 heavy (non-hydrogen) atoms. The van der Waals surface area contributed by atoms with Crippen LogP contribution in [0.2, 0.25) is 0 Å². The number of nitro benzene ring substituents is 1. The Morgan fingerprint density at radius 1 is 1.09 bits per heavy atom. The molecule has 0 atom stereocenters. The van der Waals surface area contributed by atoms with E-state index in [1.165, 1.54) is 35.0 Å². The fraction of sp³-hybridized carbons (Fsp3) is 0.250. The number of rotatable bonds is 4. The van der Waals surface area contributed by atoms with Crippen molar-refractivity contribution in [3.05, 3.63) is 57.6 Å². The first-order valence-corrected chi connectivity index (χ1v) is 9.83. The number of nitrogens with zero attached hydrogens (tertiary/aromatic N) is 1. The Hall–Kier alpha value is -1.86. The molecule has 2 aromatic carbocycles. The standard InChI is InChI=1S/C16H15NO4S2/c1-23(20,21)14-7-8-16(15(10-14)17(18)19)22-13-6-5-11-3-2-4-12(11)9-13/h5-10H,2-4H2,1H3. The maximum absolute atomic E-state index is 11.6. The van der Waals surface area contributed by atoms with E-state index in [0.717, 1.165) is 36.5 Å². The van der Waals surface area contributed by atoms with Gasteiger partial charge in [0, 0.05) is 17.2 Å². The summed E-state index contributed by atoms with van der Waals surface area (Å²) in [6, 6.07) is 10.2. The highest BCUT2D eigenvalue weighted by atomic mass is 32.2. The molecule has 0 spiro atoms. The van der Waals surface area contributed by atoms with Crippen molar-refractivity contribution >= 4 is 27.3 Å². The van der Waals surface area contributed by atoms with Gasteiger partial charge in [-0.05, 0) is 54.7 Å². The number of aryl methyl sites for hydroxylation is 2. The van der Waals surface area contributed by atoms with E-state index in [9.17, 15) is 18.5 Å². The van der Waals surface area contributed by atoms with Gasteiger partial charge < -0.3 is 0 Å². The molecule has 0 amide bonds. The molecular weight excluding hydrogens is 334 g/mol. The summed E-state index contributed by atoms with van der Waals surface area (Å²) in [6.45, 7) is 0. The van der Waals surface area contributed by atoms with E-state index in [1.807, 2.05) is 6.07 Å². The van der Waals surface area contributed by atoms with E-state index in [1.54, 1.807) is 0 Å². The number of hydrogen-bond acceptors (Lipinski definition) is 5. The highest BCUT2D eigenvalue weighted by Crippen LogP contribution is 2.37. The number of nitro groups is 1. The zero-order chi connectivity index (χ0) is 16.6. The molecule has 1 aliphatic rings. The van der Waals surface area contributed by atoms with Crippen LogP contribution in [0.5, 0.6) is 0 Å². The average Bonchev–Trinajstić information content (AvgIpc) is 2.93. The first-order chi connectivity index (χ1) is 10.8. The lowest BCUT2D eigenvalue weighted by atomic mass is 10.1. The molecule has 0 aromatic heterocycles. The highest BCUT2D eigenvalue weighted by Gasteiger charge is 2.20. The van der Waals surface area contributed by atoms with Crippen LogP contribution in [0.4, 0.5) is 5.69 Å². The lowest BCUT2D eigenvalue weighted by Crippen LogP contribution is -1.99. The number of sulfone groups is 1. The largest absolute Gasteiger partial charge is 0.284 e. The Labute approximate surface area is 138 Å². The van der Waals surface area contributed by atoms with E-state index >= 15 is 0 Å². The van der Waals surface area contributed by atoms with Gasteiger partial charge >= 0.3 is 0 Å². The van der Waals surface area contributed by atoms with Gasteiger partial charge in [0.1, 0.15) is 0 Å². The predicted molar refractivity (Wildman–Crippen MR) is 88.8 cm³/mol. The molecule has 120 valence electrons. The van der Waals surface area contributed by atoms with Crippen molar-refractivity contribution < 1.29 is 13.3 Å². The Kier molecular flexibility index (Phi) is 4.16. The summed E-state index contributed by atoms with van der Waals surface area (Å²) in [5.41, 5.74) is 2.46. The maximum atomic E-state index is 11.6. The van der Waals surface area contributed by atoms with Gasteiger partial charge in [-0.15, -0.1) is 0 Å². The van der Waals surface area contributed by atoms with E-state index in [2.05, 4.69) is 12.1 Å². The van der Waals surface area contributed by atoms with Crippen LogP contribution in [-0.2, 0) is 22.7 Å². The molecule has 0 N–H and O–H groups in total. The molecule has 0 saturated carbocycles. The van der Waals surface area contributed by atoms with E-state index < -0.39 is 14.8 Å². The molecule has 0 unspecified atom stereocenters. The van der Waals surface area contributed by atoms with Gasteiger partial charge in [-0.25, -0.2) is 8.42 Å². The van der Waals surface area contributed by atoms with Gasteiger partial charge in [-0.1, -0.05) is 17.8 Å². The molecule has 2 aromatic rings. The zero-order valence-electron chi connectivity index (χ0n) is 12.5. The Bertz CT molecular complexity index is 891. The van der Waals surface area contributed by atoms with Crippen LogP contribution in [-0.4, -0.2) is 19.6 Å². The smallest absolute Gasteiger partial charge is 0.258 e. The minimum atomic E-state index is -3.47. The SMILES string of the molecule is CS(=O)(=O)c1ccc(Sc2ccc3c(c2)CCC3)c([N+](=O)[O-])c1. The molecule has 0 radical (unpaired) electrons. The van der Waals surface area contributed by atoms with Crippen LogP contribution in [0, 0.1) is 10.1 Å². The van der Waals surface area contributed by atoms with Crippen LogP contribution in [0.15, 0.2) is 51.1 Å². The van der Waals surface area contributed by atoms with Gasteiger partial charge in [0.2, 0.25) is 0 Å². The number of fused-ring (bicyclic) bond motifs is 1. The fourth-order valence-corrected chi connectivity index (χ4v) is 4.30. The third-order valence-corrected chi connectivity index (χ3v) is 6.02. The summed E-state index contributed by atoms with van der Waals surface area (Å²) in [4.78, 5) is 12.1. The molecular formula is C16H15NO4S2. The summed E-state index contributed by atoms with van der Waals surface area (Å²) >= 11 is 1.29. The van der Waals surface area contributed by atoms with Crippen LogP contribution in [0.1, 0.15) is 17.5 Å². The first kappa shape index (κ1) is 16.0. The first-order valence-electron chi connectivity index (χ1n) is 7.13. The Morgan fingerprint density at radius 2 is 1.83 bits per heavy atom. The molecule has 0 bridgehead atoms. The predicted octanol–water partition coefficient (Wildman–Crippen LogP) is 3.64. The molecule has 0 heterocycles.